The summed E-state index contributed by atoms with van der Waals surface area (Å²) in [6, 6.07) is 10.8. The van der Waals surface area contributed by atoms with Crippen LogP contribution in [0, 0.1) is 0 Å². The van der Waals surface area contributed by atoms with Crippen LogP contribution < -0.4 is 0 Å². The van der Waals surface area contributed by atoms with E-state index in [2.05, 4.69) is 36.9 Å². The van der Waals surface area contributed by atoms with Crippen LogP contribution in [0.15, 0.2) is 42.5 Å². The first kappa shape index (κ1) is 8.55. The summed E-state index contributed by atoms with van der Waals surface area (Å²) < 4.78 is 0. The number of rotatable bonds is 1. The van der Waals surface area contributed by atoms with Gasteiger partial charge in [-0.05, 0) is 24.8 Å². The highest BCUT2D eigenvalue weighted by Crippen LogP contribution is 2.35. The van der Waals surface area contributed by atoms with E-state index in [1.807, 2.05) is 0 Å². The molecule has 0 radical (unpaired) electrons. The van der Waals surface area contributed by atoms with Gasteiger partial charge in [-0.15, -0.1) is 0 Å². The fourth-order valence-electron chi connectivity index (χ4n) is 2.17. The molecule has 1 atom stereocenters. The maximum atomic E-state index is 4.17. The molecule has 0 amide bonds. The van der Waals surface area contributed by atoms with E-state index in [0.717, 1.165) is 0 Å². The zero-order valence-corrected chi connectivity index (χ0v) is 8.00. The van der Waals surface area contributed by atoms with E-state index in [1.165, 1.54) is 36.8 Å². The van der Waals surface area contributed by atoms with Crippen molar-refractivity contribution >= 4 is 0 Å². The molecule has 0 saturated heterocycles. The lowest BCUT2D eigenvalue weighted by atomic mass is 9.81. The molecule has 1 aliphatic carbocycles. The quantitative estimate of drug-likeness (QED) is 0.563. The molecule has 1 aromatic rings. The van der Waals surface area contributed by atoms with E-state index < -0.39 is 0 Å². The van der Waals surface area contributed by atoms with Gasteiger partial charge >= 0.3 is 0 Å². The summed E-state index contributed by atoms with van der Waals surface area (Å²) in [5.41, 5.74) is 2.88. The Kier molecular flexibility index (Phi) is 2.49. The molecular formula is C13H16. The molecule has 1 fully saturated rings. The third kappa shape index (κ3) is 1.82. The summed E-state index contributed by atoms with van der Waals surface area (Å²) in [5.74, 6) is 0.634. The molecule has 68 valence electrons. The van der Waals surface area contributed by atoms with Crippen molar-refractivity contribution in [1.29, 1.82) is 0 Å². The van der Waals surface area contributed by atoms with Crippen molar-refractivity contribution in [2.75, 3.05) is 0 Å². The topological polar surface area (TPSA) is 0 Å². The van der Waals surface area contributed by atoms with Crippen LogP contribution in [-0.4, -0.2) is 0 Å². The largest absolute Gasteiger partial charge is 0.0992 e. The van der Waals surface area contributed by atoms with Crippen LogP contribution in [-0.2, 0) is 0 Å². The molecular weight excluding hydrogens is 156 g/mol. The molecule has 1 aliphatic rings. The predicted octanol–water partition coefficient (Wildman–Crippen LogP) is 3.90. The van der Waals surface area contributed by atoms with Gasteiger partial charge in [0.05, 0.1) is 0 Å². The van der Waals surface area contributed by atoms with Crippen LogP contribution in [0.2, 0.25) is 0 Å². The maximum absolute atomic E-state index is 4.17. The fourth-order valence-corrected chi connectivity index (χ4v) is 2.17. The summed E-state index contributed by atoms with van der Waals surface area (Å²) in [6.07, 6.45) is 5.21. The summed E-state index contributed by atoms with van der Waals surface area (Å²) in [5, 5.41) is 0. The van der Waals surface area contributed by atoms with Crippen LogP contribution in [0.5, 0.6) is 0 Å². The Morgan fingerprint density at radius 3 is 2.54 bits per heavy atom. The van der Waals surface area contributed by atoms with E-state index in [1.54, 1.807) is 0 Å². The Hall–Kier alpha value is -1.04. The van der Waals surface area contributed by atoms with E-state index in [9.17, 15) is 0 Å². The molecule has 0 aromatic heterocycles. The standard InChI is InChI=1S/C13H16/c1-11-7-5-6-10-13(11)12-8-3-2-4-9-12/h2-4,8-9,13H,1,5-7,10H2/t13-/m1/s1. The first-order chi connectivity index (χ1) is 6.38. The second-order valence-corrected chi connectivity index (χ2v) is 3.87. The van der Waals surface area contributed by atoms with Gasteiger partial charge in [-0.2, -0.15) is 0 Å². The summed E-state index contributed by atoms with van der Waals surface area (Å²) in [7, 11) is 0. The Labute approximate surface area is 80.3 Å². The normalized spacial score (nSPS) is 23.1. The van der Waals surface area contributed by atoms with E-state index in [4.69, 9.17) is 0 Å². The van der Waals surface area contributed by atoms with Crippen molar-refractivity contribution < 1.29 is 0 Å². The monoisotopic (exact) mass is 172 g/mol. The van der Waals surface area contributed by atoms with Gasteiger partial charge in [-0.25, -0.2) is 0 Å². The third-order valence-electron chi connectivity index (χ3n) is 2.94. The fraction of sp³-hybridized carbons (Fsp3) is 0.385. The zero-order chi connectivity index (χ0) is 9.10. The van der Waals surface area contributed by atoms with Crippen LogP contribution in [0.1, 0.15) is 37.2 Å². The van der Waals surface area contributed by atoms with Crippen LogP contribution in [0.4, 0.5) is 0 Å². The summed E-state index contributed by atoms with van der Waals surface area (Å²) in [6.45, 7) is 4.17. The SMILES string of the molecule is C=C1CCCC[C@H]1c1ccccc1. The van der Waals surface area contributed by atoms with Crippen LogP contribution in [0.3, 0.4) is 0 Å². The highest BCUT2D eigenvalue weighted by molar-refractivity contribution is 5.28. The smallest absolute Gasteiger partial charge is 0.00454 e. The van der Waals surface area contributed by atoms with Gasteiger partial charge in [0, 0.05) is 5.92 Å². The molecule has 0 heteroatoms. The number of benzene rings is 1. The van der Waals surface area contributed by atoms with Gasteiger partial charge in [0.2, 0.25) is 0 Å². The van der Waals surface area contributed by atoms with Crippen molar-refractivity contribution in [2.24, 2.45) is 0 Å². The van der Waals surface area contributed by atoms with Crippen LogP contribution in [0.25, 0.3) is 0 Å². The lowest BCUT2D eigenvalue weighted by Gasteiger charge is -2.24. The highest BCUT2D eigenvalue weighted by atomic mass is 14.2. The molecule has 1 aromatic carbocycles. The predicted molar refractivity (Wildman–Crippen MR) is 56.8 cm³/mol. The molecule has 0 N–H and O–H groups in total. The molecule has 1 saturated carbocycles. The zero-order valence-electron chi connectivity index (χ0n) is 8.00. The van der Waals surface area contributed by atoms with Gasteiger partial charge in [0.1, 0.15) is 0 Å². The molecule has 0 unspecified atom stereocenters. The molecule has 2 rings (SSSR count). The maximum Gasteiger partial charge on any atom is 0.00454 e. The van der Waals surface area contributed by atoms with Crippen LogP contribution >= 0.6 is 0 Å². The third-order valence-corrected chi connectivity index (χ3v) is 2.94. The van der Waals surface area contributed by atoms with Crippen molar-refractivity contribution in [3.05, 3.63) is 48.0 Å². The minimum atomic E-state index is 0.634. The van der Waals surface area contributed by atoms with Gasteiger partial charge in [0.15, 0.2) is 0 Å². The molecule has 0 spiro atoms. The molecule has 0 bridgehead atoms. The molecule has 0 aliphatic heterocycles. The van der Waals surface area contributed by atoms with E-state index in [-0.39, 0.29) is 0 Å². The molecule has 13 heavy (non-hydrogen) atoms. The Morgan fingerprint density at radius 2 is 1.85 bits per heavy atom. The Morgan fingerprint density at radius 1 is 1.08 bits per heavy atom. The number of hydrogen-bond acceptors (Lipinski definition) is 0. The first-order valence-corrected chi connectivity index (χ1v) is 5.10. The minimum absolute atomic E-state index is 0.634. The van der Waals surface area contributed by atoms with Gasteiger partial charge in [0.25, 0.3) is 0 Å². The average Bonchev–Trinajstić information content (AvgIpc) is 2.20. The summed E-state index contributed by atoms with van der Waals surface area (Å²) >= 11 is 0. The van der Waals surface area contributed by atoms with Gasteiger partial charge in [-0.1, -0.05) is 48.9 Å². The molecule has 0 heterocycles. The van der Waals surface area contributed by atoms with Crippen molar-refractivity contribution in [3.8, 4) is 0 Å². The number of allylic oxidation sites excluding steroid dienone is 1. The van der Waals surface area contributed by atoms with Crippen molar-refractivity contribution in [2.45, 2.75) is 31.6 Å². The summed E-state index contributed by atoms with van der Waals surface area (Å²) in [4.78, 5) is 0. The Balaban J connectivity index is 2.20. The van der Waals surface area contributed by atoms with Gasteiger partial charge in [-0.3, -0.25) is 0 Å². The van der Waals surface area contributed by atoms with Gasteiger partial charge < -0.3 is 0 Å². The highest BCUT2D eigenvalue weighted by Gasteiger charge is 2.18. The van der Waals surface area contributed by atoms with Crippen molar-refractivity contribution in [1.82, 2.24) is 0 Å². The van der Waals surface area contributed by atoms with Crippen molar-refractivity contribution in [3.63, 3.8) is 0 Å². The second kappa shape index (κ2) is 3.78. The first-order valence-electron chi connectivity index (χ1n) is 5.10. The Bertz CT molecular complexity index is 284. The molecule has 0 nitrogen and oxygen atoms in total. The second-order valence-electron chi connectivity index (χ2n) is 3.87. The van der Waals surface area contributed by atoms with E-state index in [0.29, 0.717) is 5.92 Å². The van der Waals surface area contributed by atoms with E-state index >= 15 is 0 Å². The lowest BCUT2D eigenvalue weighted by molar-refractivity contribution is 0.542. The average molecular weight is 172 g/mol. The lowest BCUT2D eigenvalue weighted by Crippen LogP contribution is -2.06. The minimum Gasteiger partial charge on any atom is -0.0992 e. The number of hydrogen-bond donors (Lipinski definition) is 0.